The van der Waals surface area contributed by atoms with E-state index in [2.05, 4.69) is 10.3 Å². The van der Waals surface area contributed by atoms with Crippen molar-refractivity contribution >= 4 is 5.91 Å². The quantitative estimate of drug-likeness (QED) is 0.849. The molecule has 1 aliphatic rings. The number of aromatic nitrogens is 1. The molecule has 0 aliphatic carbocycles. The van der Waals surface area contributed by atoms with Gasteiger partial charge in [-0.05, 0) is 31.5 Å². The second kappa shape index (κ2) is 7.97. The van der Waals surface area contributed by atoms with Crippen LogP contribution in [0.2, 0.25) is 0 Å². The Bertz CT molecular complexity index is 405. The van der Waals surface area contributed by atoms with Crippen LogP contribution in [-0.4, -0.2) is 48.6 Å². The predicted molar refractivity (Wildman–Crippen MR) is 77.2 cm³/mol. The number of methoxy groups -OCH3 is 1. The van der Waals surface area contributed by atoms with Crippen LogP contribution in [0.1, 0.15) is 25.0 Å². The van der Waals surface area contributed by atoms with Crippen molar-refractivity contribution in [2.75, 3.05) is 26.8 Å². The highest BCUT2D eigenvalue weighted by Crippen LogP contribution is 2.11. The van der Waals surface area contributed by atoms with Gasteiger partial charge in [-0.25, -0.2) is 0 Å². The number of rotatable bonds is 6. The summed E-state index contributed by atoms with van der Waals surface area (Å²) in [6, 6.07) is 5.72. The Morgan fingerprint density at radius 2 is 2.40 bits per heavy atom. The number of piperidine rings is 1. The molecule has 1 aromatic heterocycles. The number of carbonyl (C=O) groups is 1. The molecule has 2 heterocycles. The lowest BCUT2D eigenvalue weighted by Gasteiger charge is -2.29. The van der Waals surface area contributed by atoms with Crippen LogP contribution in [0.3, 0.4) is 0 Å². The first-order chi connectivity index (χ1) is 9.81. The fourth-order valence-electron chi connectivity index (χ4n) is 2.44. The summed E-state index contributed by atoms with van der Waals surface area (Å²) in [5.41, 5.74) is 0.910. The van der Waals surface area contributed by atoms with Crippen molar-refractivity contribution in [1.29, 1.82) is 0 Å². The molecular weight excluding hydrogens is 254 g/mol. The third-order valence-corrected chi connectivity index (χ3v) is 3.56. The number of pyridine rings is 1. The van der Waals surface area contributed by atoms with E-state index in [1.54, 1.807) is 13.3 Å². The van der Waals surface area contributed by atoms with Gasteiger partial charge in [0.1, 0.15) is 0 Å². The Kier molecular flexibility index (Phi) is 5.95. The van der Waals surface area contributed by atoms with E-state index < -0.39 is 0 Å². The van der Waals surface area contributed by atoms with Crippen LogP contribution in [0.15, 0.2) is 24.4 Å². The molecule has 0 spiro atoms. The van der Waals surface area contributed by atoms with Gasteiger partial charge >= 0.3 is 0 Å². The minimum absolute atomic E-state index is 0.0516. The summed E-state index contributed by atoms with van der Waals surface area (Å²) in [6.45, 7) is 2.62. The maximum Gasteiger partial charge on any atom is 0.240 e. The van der Waals surface area contributed by atoms with E-state index in [1.807, 2.05) is 23.1 Å². The molecule has 110 valence electrons. The standard InChI is InChI=1S/C15H23N3O2/c1-20-11-10-18(12-13-6-2-4-8-16-13)15(19)14-7-3-5-9-17-14/h2,4,6,8,14,17H,3,5,7,9-12H2,1H3. The van der Waals surface area contributed by atoms with Crippen LogP contribution in [-0.2, 0) is 16.1 Å². The largest absolute Gasteiger partial charge is 0.383 e. The number of hydrogen-bond donors (Lipinski definition) is 1. The van der Waals surface area contributed by atoms with Crippen molar-refractivity contribution in [3.63, 3.8) is 0 Å². The maximum atomic E-state index is 12.6. The van der Waals surface area contributed by atoms with Gasteiger partial charge in [0.15, 0.2) is 0 Å². The number of carbonyl (C=O) groups excluding carboxylic acids is 1. The lowest BCUT2D eigenvalue weighted by atomic mass is 10.0. The SMILES string of the molecule is COCCN(Cc1ccccn1)C(=O)C1CCCCN1. The van der Waals surface area contributed by atoms with Gasteiger partial charge in [-0.3, -0.25) is 9.78 Å². The van der Waals surface area contributed by atoms with Crippen LogP contribution in [0.4, 0.5) is 0 Å². The second-order valence-corrected chi connectivity index (χ2v) is 5.08. The lowest BCUT2D eigenvalue weighted by molar-refractivity contribution is -0.135. The normalized spacial score (nSPS) is 18.8. The highest BCUT2D eigenvalue weighted by molar-refractivity contribution is 5.82. The monoisotopic (exact) mass is 277 g/mol. The van der Waals surface area contributed by atoms with Gasteiger partial charge in [-0.15, -0.1) is 0 Å². The first-order valence-corrected chi connectivity index (χ1v) is 7.22. The van der Waals surface area contributed by atoms with Gasteiger partial charge in [0.2, 0.25) is 5.91 Å². The zero-order valence-electron chi connectivity index (χ0n) is 12.0. The van der Waals surface area contributed by atoms with E-state index in [0.717, 1.165) is 31.5 Å². The number of nitrogens with one attached hydrogen (secondary N) is 1. The summed E-state index contributed by atoms with van der Waals surface area (Å²) in [6.07, 6.45) is 4.95. The minimum atomic E-state index is -0.0516. The van der Waals surface area contributed by atoms with Crippen LogP contribution in [0.5, 0.6) is 0 Å². The highest BCUT2D eigenvalue weighted by Gasteiger charge is 2.25. The molecular formula is C15H23N3O2. The zero-order chi connectivity index (χ0) is 14.2. The highest BCUT2D eigenvalue weighted by atomic mass is 16.5. The Balaban J connectivity index is 2.00. The summed E-state index contributed by atoms with van der Waals surface area (Å²) in [4.78, 5) is 18.7. The van der Waals surface area contributed by atoms with Crippen molar-refractivity contribution < 1.29 is 9.53 Å². The third-order valence-electron chi connectivity index (χ3n) is 3.56. The summed E-state index contributed by atoms with van der Waals surface area (Å²) in [7, 11) is 1.66. The molecule has 0 aromatic carbocycles. The molecule has 1 aromatic rings. The van der Waals surface area contributed by atoms with Gasteiger partial charge in [-0.1, -0.05) is 12.5 Å². The third kappa shape index (κ3) is 4.28. The maximum absolute atomic E-state index is 12.6. The Morgan fingerprint density at radius 1 is 1.50 bits per heavy atom. The summed E-state index contributed by atoms with van der Waals surface area (Å²) in [5.74, 6) is 0.160. The van der Waals surface area contributed by atoms with Gasteiger partial charge in [0, 0.05) is 19.9 Å². The van der Waals surface area contributed by atoms with Gasteiger partial charge < -0.3 is 15.0 Å². The number of amides is 1. The van der Waals surface area contributed by atoms with Gasteiger partial charge in [0.25, 0.3) is 0 Å². The van der Waals surface area contributed by atoms with E-state index in [1.165, 1.54) is 0 Å². The average Bonchev–Trinajstić information content (AvgIpc) is 2.52. The molecule has 1 aliphatic heterocycles. The number of nitrogens with zero attached hydrogens (tertiary/aromatic N) is 2. The number of hydrogen-bond acceptors (Lipinski definition) is 4. The summed E-state index contributed by atoms with van der Waals surface area (Å²) in [5, 5.41) is 3.31. The van der Waals surface area contributed by atoms with E-state index in [4.69, 9.17) is 4.74 Å². The molecule has 1 unspecified atom stereocenters. The molecule has 1 saturated heterocycles. The van der Waals surface area contributed by atoms with Crippen molar-refractivity contribution in [1.82, 2.24) is 15.2 Å². The fourth-order valence-corrected chi connectivity index (χ4v) is 2.44. The first-order valence-electron chi connectivity index (χ1n) is 7.22. The molecule has 5 heteroatoms. The van der Waals surface area contributed by atoms with Crippen molar-refractivity contribution in [2.24, 2.45) is 0 Å². The molecule has 0 bridgehead atoms. The Labute approximate surface area is 120 Å². The van der Waals surface area contributed by atoms with Crippen LogP contribution < -0.4 is 5.32 Å². The van der Waals surface area contributed by atoms with Gasteiger partial charge in [0.05, 0.1) is 24.9 Å². The van der Waals surface area contributed by atoms with Gasteiger partial charge in [-0.2, -0.15) is 0 Å². The summed E-state index contributed by atoms with van der Waals surface area (Å²) >= 11 is 0. The summed E-state index contributed by atoms with van der Waals surface area (Å²) < 4.78 is 5.11. The lowest BCUT2D eigenvalue weighted by Crippen LogP contribution is -2.49. The van der Waals surface area contributed by atoms with Crippen LogP contribution >= 0.6 is 0 Å². The zero-order valence-corrected chi connectivity index (χ0v) is 12.0. The van der Waals surface area contributed by atoms with E-state index in [-0.39, 0.29) is 11.9 Å². The average molecular weight is 277 g/mol. The topological polar surface area (TPSA) is 54.5 Å². The molecule has 1 N–H and O–H groups in total. The predicted octanol–water partition coefficient (Wildman–Crippen LogP) is 1.20. The van der Waals surface area contributed by atoms with Crippen molar-refractivity contribution in [3.8, 4) is 0 Å². The van der Waals surface area contributed by atoms with Crippen LogP contribution in [0, 0.1) is 0 Å². The molecule has 20 heavy (non-hydrogen) atoms. The van der Waals surface area contributed by atoms with E-state index in [0.29, 0.717) is 19.7 Å². The molecule has 5 nitrogen and oxygen atoms in total. The van der Waals surface area contributed by atoms with Crippen LogP contribution in [0.25, 0.3) is 0 Å². The Morgan fingerprint density at radius 3 is 3.05 bits per heavy atom. The Hall–Kier alpha value is -1.46. The fraction of sp³-hybridized carbons (Fsp3) is 0.600. The second-order valence-electron chi connectivity index (χ2n) is 5.08. The first kappa shape index (κ1) is 14.9. The molecule has 2 rings (SSSR count). The van der Waals surface area contributed by atoms with Crippen molar-refractivity contribution in [2.45, 2.75) is 31.8 Å². The van der Waals surface area contributed by atoms with Crippen molar-refractivity contribution in [3.05, 3.63) is 30.1 Å². The van der Waals surface area contributed by atoms with E-state index >= 15 is 0 Å². The molecule has 1 fully saturated rings. The molecule has 0 radical (unpaired) electrons. The molecule has 1 atom stereocenters. The van der Waals surface area contributed by atoms with E-state index in [9.17, 15) is 4.79 Å². The minimum Gasteiger partial charge on any atom is -0.383 e. The number of ether oxygens (including phenoxy) is 1. The molecule has 1 amide bonds. The molecule has 0 saturated carbocycles. The smallest absolute Gasteiger partial charge is 0.240 e.